The van der Waals surface area contributed by atoms with Gasteiger partial charge < -0.3 is 9.47 Å². The number of aryl methyl sites for hydroxylation is 2. The van der Waals surface area contributed by atoms with E-state index in [1.54, 1.807) is 36.4 Å². The van der Waals surface area contributed by atoms with Crippen LogP contribution in [0.4, 0.5) is 10.5 Å². The van der Waals surface area contributed by atoms with Crippen molar-refractivity contribution in [3.05, 3.63) is 93.5 Å². The number of anilines is 1. The van der Waals surface area contributed by atoms with Crippen molar-refractivity contribution in [3.8, 4) is 11.5 Å². The molecule has 8 heteroatoms. The molecule has 184 valence electrons. The van der Waals surface area contributed by atoms with Crippen LogP contribution in [0.25, 0.3) is 6.08 Å². The summed E-state index contributed by atoms with van der Waals surface area (Å²) >= 11 is 6.22. The van der Waals surface area contributed by atoms with Crippen molar-refractivity contribution in [2.24, 2.45) is 0 Å². The molecule has 0 aliphatic carbocycles. The highest BCUT2D eigenvalue weighted by Crippen LogP contribution is 2.32. The SMILES string of the molecule is CCOc1cc(/C=C2\C(=O)NC(=O)N(c3cc(C)cc(C)c3)C2=O)ccc1OCc1ccccc1Cl. The highest BCUT2D eigenvalue weighted by Gasteiger charge is 2.37. The second-order valence-corrected chi connectivity index (χ2v) is 8.73. The van der Waals surface area contributed by atoms with Gasteiger partial charge in [-0.1, -0.05) is 41.9 Å². The lowest BCUT2D eigenvalue weighted by Crippen LogP contribution is -2.54. The summed E-state index contributed by atoms with van der Waals surface area (Å²) < 4.78 is 11.7. The van der Waals surface area contributed by atoms with Crippen LogP contribution in [-0.4, -0.2) is 24.5 Å². The number of carbonyl (C=O) groups is 3. The van der Waals surface area contributed by atoms with E-state index in [4.69, 9.17) is 21.1 Å². The quantitative estimate of drug-likeness (QED) is 0.334. The summed E-state index contributed by atoms with van der Waals surface area (Å²) in [6.07, 6.45) is 1.43. The Morgan fingerprint density at radius 3 is 2.33 bits per heavy atom. The summed E-state index contributed by atoms with van der Waals surface area (Å²) in [5.74, 6) is -0.524. The molecule has 1 fully saturated rings. The van der Waals surface area contributed by atoms with Gasteiger partial charge in [-0.3, -0.25) is 14.9 Å². The molecule has 1 N–H and O–H groups in total. The fourth-order valence-corrected chi connectivity index (χ4v) is 4.10. The standard InChI is InChI=1S/C28H25ClN2O5/c1-4-35-25-15-19(9-10-24(25)36-16-20-7-5-6-8-23(20)29)14-22-26(32)30-28(34)31(27(22)33)21-12-17(2)11-18(3)13-21/h5-15H,4,16H2,1-3H3,(H,30,32,34)/b22-14+. The number of benzene rings is 3. The lowest BCUT2D eigenvalue weighted by Gasteiger charge is -2.27. The Balaban J connectivity index is 1.63. The van der Waals surface area contributed by atoms with Crippen molar-refractivity contribution >= 4 is 41.2 Å². The number of hydrogen-bond acceptors (Lipinski definition) is 5. The fourth-order valence-electron chi connectivity index (χ4n) is 3.91. The Labute approximate surface area is 214 Å². The van der Waals surface area contributed by atoms with E-state index < -0.39 is 17.8 Å². The summed E-state index contributed by atoms with van der Waals surface area (Å²) in [5.41, 5.74) is 3.38. The van der Waals surface area contributed by atoms with Gasteiger partial charge in [0.05, 0.1) is 12.3 Å². The van der Waals surface area contributed by atoms with E-state index in [9.17, 15) is 14.4 Å². The van der Waals surface area contributed by atoms with Crippen molar-refractivity contribution in [2.45, 2.75) is 27.4 Å². The lowest BCUT2D eigenvalue weighted by molar-refractivity contribution is -0.122. The molecule has 0 radical (unpaired) electrons. The molecule has 36 heavy (non-hydrogen) atoms. The molecule has 3 aromatic carbocycles. The van der Waals surface area contributed by atoms with Gasteiger partial charge in [-0.15, -0.1) is 0 Å². The highest BCUT2D eigenvalue weighted by atomic mass is 35.5. The first-order valence-corrected chi connectivity index (χ1v) is 11.8. The molecule has 0 atom stereocenters. The Bertz CT molecular complexity index is 1360. The van der Waals surface area contributed by atoms with Gasteiger partial charge >= 0.3 is 6.03 Å². The van der Waals surface area contributed by atoms with Gasteiger partial charge in [-0.25, -0.2) is 9.69 Å². The van der Waals surface area contributed by atoms with Crippen LogP contribution in [0.15, 0.2) is 66.2 Å². The third-order valence-electron chi connectivity index (χ3n) is 5.49. The maximum absolute atomic E-state index is 13.3. The number of halogens is 1. The summed E-state index contributed by atoms with van der Waals surface area (Å²) in [6, 6.07) is 17.0. The van der Waals surface area contributed by atoms with Crippen molar-refractivity contribution in [2.75, 3.05) is 11.5 Å². The number of carbonyl (C=O) groups excluding carboxylic acids is 3. The van der Waals surface area contributed by atoms with E-state index in [1.807, 2.05) is 45.0 Å². The van der Waals surface area contributed by atoms with Gasteiger partial charge in [-0.2, -0.15) is 0 Å². The first-order chi connectivity index (χ1) is 17.3. The van der Waals surface area contributed by atoms with E-state index >= 15 is 0 Å². The van der Waals surface area contributed by atoms with Crippen LogP contribution in [-0.2, 0) is 16.2 Å². The van der Waals surface area contributed by atoms with Gasteiger partial charge in [0.2, 0.25) is 0 Å². The number of amides is 4. The topological polar surface area (TPSA) is 84.9 Å². The second kappa shape index (κ2) is 10.7. The smallest absolute Gasteiger partial charge is 0.335 e. The Morgan fingerprint density at radius 2 is 1.64 bits per heavy atom. The monoisotopic (exact) mass is 504 g/mol. The van der Waals surface area contributed by atoms with Gasteiger partial charge in [0.15, 0.2) is 11.5 Å². The van der Waals surface area contributed by atoms with Gasteiger partial charge in [0, 0.05) is 10.6 Å². The van der Waals surface area contributed by atoms with Crippen molar-refractivity contribution < 1.29 is 23.9 Å². The van der Waals surface area contributed by atoms with E-state index in [1.165, 1.54) is 6.08 Å². The van der Waals surface area contributed by atoms with Crippen LogP contribution >= 0.6 is 11.6 Å². The third kappa shape index (κ3) is 5.42. The minimum atomic E-state index is -0.787. The first kappa shape index (κ1) is 25.0. The average Bonchev–Trinajstić information content (AvgIpc) is 2.81. The molecule has 1 saturated heterocycles. The van der Waals surface area contributed by atoms with Crippen LogP contribution in [0.1, 0.15) is 29.2 Å². The molecule has 0 aromatic heterocycles. The largest absolute Gasteiger partial charge is 0.490 e. The molecule has 1 heterocycles. The van der Waals surface area contributed by atoms with Crippen molar-refractivity contribution in [1.82, 2.24) is 5.32 Å². The van der Waals surface area contributed by atoms with E-state index in [-0.39, 0.29) is 12.2 Å². The first-order valence-electron chi connectivity index (χ1n) is 11.4. The van der Waals surface area contributed by atoms with E-state index in [0.717, 1.165) is 21.6 Å². The molecule has 0 spiro atoms. The predicted molar refractivity (Wildman–Crippen MR) is 138 cm³/mol. The number of hydrogen-bond donors (Lipinski definition) is 1. The van der Waals surface area contributed by atoms with Crippen LogP contribution in [0.3, 0.4) is 0 Å². The second-order valence-electron chi connectivity index (χ2n) is 8.32. The molecule has 4 rings (SSSR count). The third-order valence-corrected chi connectivity index (χ3v) is 5.85. The summed E-state index contributed by atoms with van der Waals surface area (Å²) in [6.45, 7) is 6.21. The zero-order valence-corrected chi connectivity index (χ0v) is 20.9. The molecule has 0 unspecified atom stereocenters. The zero-order valence-electron chi connectivity index (χ0n) is 20.1. The normalized spacial score (nSPS) is 14.7. The maximum atomic E-state index is 13.3. The molecule has 4 amide bonds. The number of urea groups is 1. The van der Waals surface area contributed by atoms with Crippen molar-refractivity contribution in [1.29, 1.82) is 0 Å². The number of barbiturate groups is 1. The minimum Gasteiger partial charge on any atom is -0.490 e. The lowest BCUT2D eigenvalue weighted by atomic mass is 10.0. The molecule has 0 saturated carbocycles. The van der Waals surface area contributed by atoms with Gasteiger partial charge in [-0.05, 0) is 73.9 Å². The number of ether oxygens (including phenoxy) is 2. The van der Waals surface area contributed by atoms with E-state index in [2.05, 4.69) is 5.32 Å². The molecule has 0 bridgehead atoms. The minimum absolute atomic E-state index is 0.166. The van der Waals surface area contributed by atoms with Gasteiger partial charge in [0.1, 0.15) is 12.2 Å². The molecule has 1 aliphatic rings. The molecular weight excluding hydrogens is 480 g/mol. The van der Waals surface area contributed by atoms with Crippen LogP contribution < -0.4 is 19.7 Å². The molecule has 3 aromatic rings. The Hall–Kier alpha value is -4.10. The number of rotatable bonds is 7. The Morgan fingerprint density at radius 1 is 0.917 bits per heavy atom. The number of nitrogens with zero attached hydrogens (tertiary/aromatic N) is 1. The zero-order chi connectivity index (χ0) is 25.8. The fraction of sp³-hybridized carbons (Fsp3) is 0.179. The highest BCUT2D eigenvalue weighted by molar-refractivity contribution is 6.39. The van der Waals surface area contributed by atoms with E-state index in [0.29, 0.717) is 34.4 Å². The van der Waals surface area contributed by atoms with Crippen molar-refractivity contribution in [3.63, 3.8) is 0 Å². The maximum Gasteiger partial charge on any atom is 0.335 e. The predicted octanol–water partition coefficient (Wildman–Crippen LogP) is 5.60. The molecule has 7 nitrogen and oxygen atoms in total. The van der Waals surface area contributed by atoms with Crippen LogP contribution in [0.5, 0.6) is 11.5 Å². The molecular formula is C28H25ClN2O5. The van der Waals surface area contributed by atoms with Crippen LogP contribution in [0.2, 0.25) is 5.02 Å². The Kier molecular flexibility index (Phi) is 7.41. The summed E-state index contributed by atoms with van der Waals surface area (Å²) in [5, 5.41) is 2.85. The summed E-state index contributed by atoms with van der Waals surface area (Å²) in [7, 11) is 0. The average molecular weight is 505 g/mol. The number of imide groups is 2. The van der Waals surface area contributed by atoms with Gasteiger partial charge in [0.25, 0.3) is 11.8 Å². The molecule has 1 aliphatic heterocycles. The van der Waals surface area contributed by atoms with Crippen LogP contribution in [0, 0.1) is 13.8 Å². The summed E-state index contributed by atoms with van der Waals surface area (Å²) in [4.78, 5) is 39.3. The number of nitrogens with one attached hydrogen (secondary N) is 1.